The van der Waals surface area contributed by atoms with Gasteiger partial charge in [-0.3, -0.25) is 4.79 Å². The number of hydrogen-bond acceptors (Lipinski definition) is 4. The molecule has 1 aromatic heterocycles. The van der Waals surface area contributed by atoms with E-state index in [0.717, 1.165) is 12.1 Å². The Morgan fingerprint density at radius 1 is 1.00 bits per heavy atom. The molecule has 5 nitrogen and oxygen atoms in total. The molecule has 0 unspecified atom stereocenters. The number of carbonyl (C=O) groups is 2. The van der Waals surface area contributed by atoms with Crippen LogP contribution in [0, 0.1) is 13.8 Å². The number of aromatic nitrogens is 1. The highest BCUT2D eigenvalue weighted by molar-refractivity contribution is 6.01. The van der Waals surface area contributed by atoms with Gasteiger partial charge in [0.05, 0.1) is 5.56 Å². The van der Waals surface area contributed by atoms with E-state index in [0.29, 0.717) is 11.4 Å². The van der Waals surface area contributed by atoms with Gasteiger partial charge in [-0.15, -0.1) is 0 Å². The van der Waals surface area contributed by atoms with E-state index >= 15 is 0 Å². The number of nitrogens with zero attached hydrogens (tertiary/aromatic N) is 1. The molecule has 2 aromatic carbocycles. The van der Waals surface area contributed by atoms with Gasteiger partial charge in [-0.25, -0.2) is 4.79 Å². The minimum Gasteiger partial charge on any atom is -0.507 e. The van der Waals surface area contributed by atoms with Crippen LogP contribution in [0.15, 0.2) is 54.6 Å². The Morgan fingerprint density at radius 2 is 1.70 bits per heavy atom. The van der Waals surface area contributed by atoms with Crippen molar-refractivity contribution in [1.82, 2.24) is 4.57 Å². The lowest BCUT2D eigenvalue weighted by Crippen LogP contribution is -2.15. The average Bonchev–Trinajstić information content (AvgIpc) is 3.00. The minimum absolute atomic E-state index is 0.0697. The molecule has 0 fully saturated rings. The Morgan fingerprint density at radius 3 is 2.37 bits per heavy atom. The fourth-order valence-electron chi connectivity index (χ4n) is 3.20. The number of carbonyl (C=O) groups excluding carboxylic acids is 2. The van der Waals surface area contributed by atoms with Gasteiger partial charge in [0.2, 0.25) is 5.78 Å². The molecule has 3 rings (SSSR count). The lowest BCUT2D eigenvalue weighted by molar-refractivity contribution is -0.137. The number of benzene rings is 2. The van der Waals surface area contributed by atoms with Gasteiger partial charge in [0.25, 0.3) is 0 Å². The number of alkyl halides is 3. The summed E-state index contributed by atoms with van der Waals surface area (Å²) in [5, 5.41) is 9.68. The maximum absolute atomic E-state index is 13.0. The summed E-state index contributed by atoms with van der Waals surface area (Å²) in [6.07, 6.45) is -4.49. The first-order chi connectivity index (χ1) is 14.1. The van der Waals surface area contributed by atoms with Crippen molar-refractivity contribution in [2.75, 3.05) is 6.61 Å². The molecule has 0 aliphatic heterocycles. The molecule has 0 spiro atoms. The molecular formula is C22H18F3NO4. The fourth-order valence-corrected chi connectivity index (χ4v) is 3.20. The number of aromatic hydroxyl groups is 1. The summed E-state index contributed by atoms with van der Waals surface area (Å²) < 4.78 is 45.6. The minimum atomic E-state index is -4.49. The number of para-hydroxylation sites is 1. The summed E-state index contributed by atoms with van der Waals surface area (Å²) in [7, 11) is 0. The Bertz CT molecular complexity index is 1120. The Kier molecular flexibility index (Phi) is 5.69. The van der Waals surface area contributed by atoms with Gasteiger partial charge in [0.15, 0.2) is 6.61 Å². The zero-order chi connectivity index (χ0) is 22.1. The molecule has 1 heterocycles. The highest BCUT2D eigenvalue weighted by Crippen LogP contribution is 2.31. The molecule has 8 heteroatoms. The normalized spacial score (nSPS) is 11.4. The molecule has 0 bridgehead atoms. The number of phenolic OH excluding ortho intramolecular Hbond substituents is 1. The number of ketones is 1. The van der Waals surface area contributed by atoms with E-state index in [1.165, 1.54) is 34.9 Å². The molecule has 156 valence electrons. The standard InChI is InChI=1S/C22H18F3NO4/c1-13-10-18(20(28)12-30-21(29)17-8-3-4-9-19(17)27)14(2)26(13)16-7-5-6-15(11-16)22(23,24)25/h3-11,27H,12H2,1-2H3. The Hall–Kier alpha value is -3.55. The first-order valence-corrected chi connectivity index (χ1v) is 8.94. The first-order valence-electron chi connectivity index (χ1n) is 8.94. The molecule has 0 aliphatic carbocycles. The van der Waals surface area contributed by atoms with E-state index in [9.17, 15) is 27.9 Å². The van der Waals surface area contributed by atoms with E-state index in [4.69, 9.17) is 4.74 Å². The third-order valence-electron chi connectivity index (χ3n) is 4.62. The van der Waals surface area contributed by atoms with E-state index in [1.54, 1.807) is 26.0 Å². The van der Waals surface area contributed by atoms with E-state index in [-0.39, 0.29) is 22.6 Å². The molecule has 0 radical (unpaired) electrons. The average molecular weight is 417 g/mol. The summed E-state index contributed by atoms with van der Waals surface area (Å²) in [5.74, 6) is -1.63. The van der Waals surface area contributed by atoms with Gasteiger partial charge in [-0.2, -0.15) is 13.2 Å². The van der Waals surface area contributed by atoms with Crippen LogP contribution < -0.4 is 0 Å². The molecule has 30 heavy (non-hydrogen) atoms. The molecule has 0 atom stereocenters. The maximum atomic E-state index is 13.0. The predicted octanol–water partition coefficient (Wildman–Crippen LogP) is 4.86. The third-order valence-corrected chi connectivity index (χ3v) is 4.62. The van der Waals surface area contributed by atoms with E-state index < -0.39 is 30.1 Å². The number of hydrogen-bond donors (Lipinski definition) is 1. The second-order valence-corrected chi connectivity index (χ2v) is 6.68. The van der Waals surface area contributed by atoms with Gasteiger partial charge < -0.3 is 14.4 Å². The number of ether oxygens (including phenoxy) is 1. The Labute approximate surface area is 170 Å². The smallest absolute Gasteiger partial charge is 0.416 e. The van der Waals surface area contributed by atoms with Gasteiger partial charge in [0, 0.05) is 22.6 Å². The quantitative estimate of drug-likeness (QED) is 0.476. The van der Waals surface area contributed by atoms with Crippen LogP contribution in [0.25, 0.3) is 5.69 Å². The summed E-state index contributed by atoms with van der Waals surface area (Å²) in [4.78, 5) is 24.6. The van der Waals surface area contributed by atoms with Crippen molar-refractivity contribution < 1.29 is 32.6 Å². The topological polar surface area (TPSA) is 68.5 Å². The van der Waals surface area contributed by atoms with E-state index in [1.807, 2.05) is 0 Å². The summed E-state index contributed by atoms with van der Waals surface area (Å²) >= 11 is 0. The maximum Gasteiger partial charge on any atom is 0.416 e. The number of rotatable bonds is 5. The second kappa shape index (κ2) is 8.06. The number of phenols is 1. The zero-order valence-electron chi connectivity index (χ0n) is 16.2. The van der Waals surface area contributed by atoms with Crippen LogP contribution >= 0.6 is 0 Å². The molecule has 3 aromatic rings. The number of halogens is 3. The highest BCUT2D eigenvalue weighted by Gasteiger charge is 2.31. The highest BCUT2D eigenvalue weighted by atomic mass is 19.4. The van der Waals surface area contributed by atoms with Crippen LogP contribution in [0.4, 0.5) is 13.2 Å². The number of Topliss-reactive ketones (excluding diaryl/α,β-unsaturated/α-hetero) is 1. The van der Waals surface area contributed by atoms with Crippen molar-refractivity contribution in [1.29, 1.82) is 0 Å². The first kappa shape index (κ1) is 21.2. The SMILES string of the molecule is Cc1cc(C(=O)COC(=O)c2ccccc2O)c(C)n1-c1cccc(C(F)(F)F)c1. The molecule has 0 saturated heterocycles. The second-order valence-electron chi connectivity index (χ2n) is 6.68. The monoisotopic (exact) mass is 417 g/mol. The van der Waals surface area contributed by atoms with Crippen molar-refractivity contribution in [2.45, 2.75) is 20.0 Å². The van der Waals surface area contributed by atoms with Gasteiger partial charge in [-0.1, -0.05) is 18.2 Å². The van der Waals surface area contributed by atoms with Crippen molar-refractivity contribution in [3.05, 3.63) is 82.7 Å². The van der Waals surface area contributed by atoms with Crippen LogP contribution in [0.2, 0.25) is 0 Å². The van der Waals surface area contributed by atoms with Gasteiger partial charge in [0.1, 0.15) is 11.3 Å². The fraction of sp³-hybridized carbons (Fsp3) is 0.182. The zero-order valence-corrected chi connectivity index (χ0v) is 16.2. The van der Waals surface area contributed by atoms with E-state index in [2.05, 4.69) is 0 Å². The molecule has 0 amide bonds. The van der Waals surface area contributed by atoms with Crippen molar-refractivity contribution in [3.8, 4) is 11.4 Å². The van der Waals surface area contributed by atoms with Gasteiger partial charge in [-0.05, 0) is 50.2 Å². The van der Waals surface area contributed by atoms with Crippen molar-refractivity contribution in [3.63, 3.8) is 0 Å². The Balaban J connectivity index is 1.83. The summed E-state index contributed by atoms with van der Waals surface area (Å²) in [6, 6.07) is 12.1. The molecule has 1 N–H and O–H groups in total. The summed E-state index contributed by atoms with van der Waals surface area (Å²) in [5.41, 5.74) is 0.620. The lowest BCUT2D eigenvalue weighted by Gasteiger charge is -2.13. The lowest BCUT2D eigenvalue weighted by atomic mass is 10.1. The molecular weight excluding hydrogens is 399 g/mol. The third kappa shape index (κ3) is 4.22. The van der Waals surface area contributed by atoms with Crippen molar-refractivity contribution >= 4 is 11.8 Å². The number of aryl methyl sites for hydroxylation is 1. The molecule has 0 aliphatic rings. The van der Waals surface area contributed by atoms with Crippen LogP contribution in [-0.2, 0) is 10.9 Å². The largest absolute Gasteiger partial charge is 0.507 e. The molecule has 0 saturated carbocycles. The predicted molar refractivity (Wildman–Crippen MR) is 103 cm³/mol. The summed E-state index contributed by atoms with van der Waals surface area (Å²) in [6.45, 7) is 2.70. The van der Waals surface area contributed by atoms with Crippen molar-refractivity contribution in [2.24, 2.45) is 0 Å². The van der Waals surface area contributed by atoms with Crippen LogP contribution in [-0.4, -0.2) is 28.0 Å². The van der Waals surface area contributed by atoms with Crippen LogP contribution in [0.3, 0.4) is 0 Å². The number of esters is 1. The van der Waals surface area contributed by atoms with Gasteiger partial charge >= 0.3 is 12.1 Å². The van der Waals surface area contributed by atoms with Crippen LogP contribution in [0.5, 0.6) is 5.75 Å². The van der Waals surface area contributed by atoms with Crippen LogP contribution in [0.1, 0.15) is 37.7 Å².